The number of benzene rings is 3. The molecule has 0 bridgehead atoms. The van der Waals surface area contributed by atoms with Gasteiger partial charge in [0.05, 0.1) is 27.9 Å². The zero-order chi connectivity index (χ0) is 30.0. The molecule has 0 spiro atoms. The van der Waals surface area contributed by atoms with Crippen molar-refractivity contribution in [3.63, 3.8) is 0 Å². The molecule has 16 heteroatoms. The molecule has 0 aliphatic carbocycles. The zero-order valence-corrected chi connectivity index (χ0v) is 22.2. The lowest BCUT2D eigenvalue weighted by molar-refractivity contribution is -0.394. The number of fused-ring (bicyclic) bond motifs is 1. The molecule has 214 valence electrons. The number of carbonyl (C=O) groups excluding carboxylic acids is 3. The summed E-state index contributed by atoms with van der Waals surface area (Å²) < 4.78 is 21.4. The number of rotatable bonds is 9. The van der Waals surface area contributed by atoms with E-state index in [4.69, 9.17) is 18.9 Å². The number of nitro benzene ring substituents is 2. The average molecular weight is 595 g/mol. The maximum absolute atomic E-state index is 12.9. The highest BCUT2D eigenvalue weighted by Gasteiger charge is 2.36. The van der Waals surface area contributed by atoms with Gasteiger partial charge in [0.1, 0.15) is 6.54 Å². The van der Waals surface area contributed by atoms with Gasteiger partial charge in [0.15, 0.2) is 23.0 Å². The number of carbonyl (C=O) groups is 3. The van der Waals surface area contributed by atoms with Crippen molar-refractivity contribution in [2.24, 2.45) is 0 Å². The molecule has 3 amide bonds. The second-order valence-electron chi connectivity index (χ2n) is 8.56. The van der Waals surface area contributed by atoms with Gasteiger partial charge in [-0.05, 0) is 53.7 Å². The Labute approximate surface area is 239 Å². The number of ether oxygens (including phenoxy) is 4. The van der Waals surface area contributed by atoms with Gasteiger partial charge < -0.3 is 24.3 Å². The molecule has 1 fully saturated rings. The minimum absolute atomic E-state index is 0.0533. The molecule has 42 heavy (non-hydrogen) atoms. The molecule has 2 aliphatic rings. The summed E-state index contributed by atoms with van der Waals surface area (Å²) in [7, 11) is 1.32. The highest BCUT2D eigenvalue weighted by atomic mass is 32.2. The van der Waals surface area contributed by atoms with E-state index in [0.29, 0.717) is 34.5 Å². The summed E-state index contributed by atoms with van der Waals surface area (Å²) in [6.45, 7) is -0.444. The maximum Gasteiger partial charge on any atom is 0.318 e. The Morgan fingerprint density at radius 2 is 1.76 bits per heavy atom. The summed E-state index contributed by atoms with van der Waals surface area (Å²) in [6, 6.07) is 12.1. The fourth-order valence-electron chi connectivity index (χ4n) is 3.93. The van der Waals surface area contributed by atoms with E-state index in [2.05, 4.69) is 5.32 Å². The Morgan fingerprint density at radius 3 is 2.50 bits per heavy atom. The first-order chi connectivity index (χ1) is 20.1. The maximum atomic E-state index is 12.9. The molecule has 1 N–H and O–H groups in total. The fourth-order valence-corrected chi connectivity index (χ4v) is 4.77. The second-order valence-corrected chi connectivity index (χ2v) is 9.56. The first-order valence-corrected chi connectivity index (χ1v) is 12.7. The molecule has 15 nitrogen and oxygen atoms in total. The third kappa shape index (κ3) is 5.78. The van der Waals surface area contributed by atoms with Crippen LogP contribution in [0.1, 0.15) is 5.56 Å². The van der Waals surface area contributed by atoms with E-state index in [1.807, 2.05) is 0 Å². The van der Waals surface area contributed by atoms with Gasteiger partial charge in [0.2, 0.25) is 18.4 Å². The van der Waals surface area contributed by atoms with Crippen LogP contribution in [0.2, 0.25) is 0 Å². The standard InChI is InChI=1S/C26H18N4O11S/c1-38-21-8-14(2-5-20(21)41-18-7-4-16(29(34)35)11-17(18)30(36)37)9-23-25(32)28(26(33)42-23)12-24(31)27-15-3-6-19-22(10-15)40-13-39-19/h2-11H,12-13H2,1H3,(H,27,31)/b23-9+. The summed E-state index contributed by atoms with van der Waals surface area (Å²) in [6.07, 6.45) is 1.42. The van der Waals surface area contributed by atoms with Crippen molar-refractivity contribution in [3.05, 3.63) is 85.3 Å². The topological polar surface area (TPSA) is 190 Å². The Kier molecular flexibility index (Phi) is 7.61. The average Bonchev–Trinajstić information content (AvgIpc) is 3.53. The lowest BCUT2D eigenvalue weighted by Crippen LogP contribution is -2.36. The minimum Gasteiger partial charge on any atom is -0.493 e. The van der Waals surface area contributed by atoms with Gasteiger partial charge in [-0.15, -0.1) is 0 Å². The summed E-state index contributed by atoms with van der Waals surface area (Å²) >= 11 is 0.650. The van der Waals surface area contributed by atoms with Crippen LogP contribution in [0.25, 0.3) is 6.08 Å². The number of hydrogen-bond donors (Lipinski definition) is 1. The van der Waals surface area contributed by atoms with Crippen LogP contribution in [-0.2, 0) is 9.59 Å². The van der Waals surface area contributed by atoms with E-state index in [9.17, 15) is 34.6 Å². The van der Waals surface area contributed by atoms with E-state index in [0.717, 1.165) is 23.1 Å². The quantitative estimate of drug-likeness (QED) is 0.204. The largest absolute Gasteiger partial charge is 0.493 e. The van der Waals surface area contributed by atoms with Crippen molar-refractivity contribution in [1.29, 1.82) is 0 Å². The third-order valence-corrected chi connectivity index (χ3v) is 6.79. The summed E-state index contributed by atoms with van der Waals surface area (Å²) in [5, 5.41) is 24.4. The van der Waals surface area contributed by atoms with Crippen molar-refractivity contribution >= 4 is 52.0 Å². The minimum atomic E-state index is -0.811. The van der Waals surface area contributed by atoms with Gasteiger partial charge >= 0.3 is 5.69 Å². The number of thioether (sulfide) groups is 1. The summed E-state index contributed by atoms with van der Waals surface area (Å²) in [5.74, 6) is -0.351. The molecule has 3 aromatic rings. The Balaban J connectivity index is 1.29. The summed E-state index contributed by atoms with van der Waals surface area (Å²) in [5.41, 5.74) is -0.268. The number of amides is 3. The Morgan fingerprint density at radius 1 is 1.00 bits per heavy atom. The Hall–Kier alpha value is -5.64. The number of nitro groups is 2. The number of hydrogen-bond acceptors (Lipinski definition) is 12. The van der Waals surface area contributed by atoms with Gasteiger partial charge in [0, 0.05) is 17.8 Å². The number of methoxy groups -OCH3 is 1. The van der Waals surface area contributed by atoms with Crippen LogP contribution in [0.15, 0.2) is 59.5 Å². The van der Waals surface area contributed by atoms with Crippen LogP contribution in [-0.4, -0.2) is 52.2 Å². The van der Waals surface area contributed by atoms with Crippen LogP contribution < -0.4 is 24.3 Å². The van der Waals surface area contributed by atoms with Crippen molar-refractivity contribution in [2.45, 2.75) is 0 Å². The number of nitrogens with one attached hydrogen (secondary N) is 1. The van der Waals surface area contributed by atoms with E-state index in [-0.39, 0.29) is 28.9 Å². The molecule has 1 saturated heterocycles. The molecule has 2 aliphatic heterocycles. The lowest BCUT2D eigenvalue weighted by Gasteiger charge is -2.13. The second kappa shape index (κ2) is 11.5. The van der Waals surface area contributed by atoms with Crippen LogP contribution >= 0.6 is 11.8 Å². The van der Waals surface area contributed by atoms with Crippen molar-refractivity contribution in [3.8, 4) is 28.7 Å². The van der Waals surface area contributed by atoms with E-state index >= 15 is 0 Å². The predicted molar refractivity (Wildman–Crippen MR) is 147 cm³/mol. The van der Waals surface area contributed by atoms with E-state index in [1.54, 1.807) is 18.2 Å². The fraction of sp³-hybridized carbons (Fsp3) is 0.115. The molecule has 0 radical (unpaired) electrons. The number of non-ortho nitro benzene ring substituents is 1. The predicted octanol–water partition coefficient (Wildman–Crippen LogP) is 4.71. The molecule has 3 aromatic carbocycles. The molecule has 5 rings (SSSR count). The highest BCUT2D eigenvalue weighted by molar-refractivity contribution is 8.18. The zero-order valence-electron chi connectivity index (χ0n) is 21.4. The van der Waals surface area contributed by atoms with Gasteiger partial charge in [0.25, 0.3) is 16.8 Å². The van der Waals surface area contributed by atoms with Crippen LogP contribution in [0.5, 0.6) is 28.7 Å². The van der Waals surface area contributed by atoms with Gasteiger partial charge in [-0.2, -0.15) is 0 Å². The van der Waals surface area contributed by atoms with Crippen LogP contribution in [0.3, 0.4) is 0 Å². The lowest BCUT2D eigenvalue weighted by atomic mass is 10.1. The van der Waals surface area contributed by atoms with Crippen molar-refractivity contribution < 1.29 is 43.2 Å². The molecule has 2 heterocycles. The van der Waals surface area contributed by atoms with E-state index < -0.39 is 44.8 Å². The third-order valence-electron chi connectivity index (χ3n) is 5.89. The van der Waals surface area contributed by atoms with Crippen molar-refractivity contribution in [1.82, 2.24) is 4.90 Å². The monoisotopic (exact) mass is 594 g/mol. The van der Waals surface area contributed by atoms with E-state index in [1.165, 1.54) is 31.4 Å². The van der Waals surface area contributed by atoms with Crippen LogP contribution in [0, 0.1) is 20.2 Å². The molecular formula is C26H18N4O11S. The molecular weight excluding hydrogens is 576 g/mol. The van der Waals surface area contributed by atoms with Crippen molar-refractivity contribution in [2.75, 3.05) is 25.8 Å². The van der Waals surface area contributed by atoms with Gasteiger partial charge in [-0.25, -0.2) is 0 Å². The number of imide groups is 1. The van der Waals surface area contributed by atoms with Gasteiger partial charge in [-0.1, -0.05) is 6.07 Å². The summed E-state index contributed by atoms with van der Waals surface area (Å²) in [4.78, 5) is 59.7. The first-order valence-electron chi connectivity index (χ1n) is 11.9. The SMILES string of the molecule is COc1cc(/C=C2/SC(=O)N(CC(=O)Nc3ccc4c(c3)OCO4)C2=O)ccc1Oc1ccc([N+](=O)[O-])cc1[N+](=O)[O-]. The molecule has 0 aromatic heterocycles. The number of nitrogens with zero attached hydrogens (tertiary/aromatic N) is 3. The molecule has 0 unspecified atom stereocenters. The number of anilines is 1. The normalized spacial score (nSPS) is 14.7. The molecule has 0 saturated carbocycles. The highest BCUT2D eigenvalue weighted by Crippen LogP contribution is 2.40. The molecule has 0 atom stereocenters. The van der Waals surface area contributed by atoms with Gasteiger partial charge in [-0.3, -0.25) is 39.5 Å². The smallest absolute Gasteiger partial charge is 0.318 e. The van der Waals surface area contributed by atoms with Crippen LogP contribution in [0.4, 0.5) is 21.9 Å². The first kappa shape index (κ1) is 27.9. The Bertz CT molecular complexity index is 1690.